The maximum atomic E-state index is 11.2. The van der Waals surface area contributed by atoms with Crippen LogP contribution >= 0.6 is 0 Å². The van der Waals surface area contributed by atoms with Crippen molar-refractivity contribution in [3.05, 3.63) is 71.3 Å². The molecule has 6 heteroatoms. The fourth-order valence-electron chi connectivity index (χ4n) is 2.94. The molecule has 0 aliphatic carbocycles. The Bertz CT molecular complexity index is 1200. The number of para-hydroxylation sites is 2. The number of amides is 1. The monoisotopic (exact) mass is 342 g/mol. The number of hydrogen-bond donors (Lipinski definition) is 1. The summed E-state index contributed by atoms with van der Waals surface area (Å²) in [6.45, 7) is 1.85. The van der Waals surface area contributed by atoms with Crippen LogP contribution in [0, 0.1) is 18.3 Å². The van der Waals surface area contributed by atoms with Crippen LogP contribution in [0.2, 0.25) is 0 Å². The number of ether oxygens (including phenoxy) is 1. The number of carbonyl (C=O) groups excluding carboxylic acids is 1. The van der Waals surface area contributed by atoms with E-state index >= 15 is 0 Å². The lowest BCUT2D eigenvalue weighted by Crippen LogP contribution is -2.10. The molecule has 2 aromatic heterocycles. The van der Waals surface area contributed by atoms with E-state index in [9.17, 15) is 10.1 Å². The number of nitrogens with zero attached hydrogens (tertiary/aromatic N) is 3. The fourth-order valence-corrected chi connectivity index (χ4v) is 2.94. The molecule has 0 aliphatic rings. The molecule has 0 radical (unpaired) electrons. The van der Waals surface area contributed by atoms with Crippen LogP contribution < -0.4 is 10.5 Å². The Hall–Kier alpha value is -3.85. The highest BCUT2D eigenvalue weighted by molar-refractivity contribution is 5.92. The number of carbonyl (C=O) groups is 1. The second-order valence-electron chi connectivity index (χ2n) is 5.90. The minimum absolute atomic E-state index is 0.409. The molecule has 0 saturated heterocycles. The molecule has 4 rings (SSSR count). The molecule has 0 atom stereocenters. The van der Waals surface area contributed by atoms with Crippen molar-refractivity contribution < 1.29 is 9.53 Å². The predicted octanol–water partition coefficient (Wildman–Crippen LogP) is 3.56. The van der Waals surface area contributed by atoms with Gasteiger partial charge in [-0.15, -0.1) is 0 Å². The zero-order valence-corrected chi connectivity index (χ0v) is 13.9. The number of aryl methyl sites for hydroxylation is 1. The van der Waals surface area contributed by atoms with Gasteiger partial charge in [0.25, 0.3) is 0 Å². The fraction of sp³-hybridized carbons (Fsp3) is 0.0500. The molecule has 0 unspecified atom stereocenters. The average molecular weight is 342 g/mol. The summed E-state index contributed by atoms with van der Waals surface area (Å²) in [5.74, 6) is 0.601. The SMILES string of the molecule is Cc1cc(Oc2ccc(C(N)=O)cc2)n2c(nc3ccccc32)c1C#N. The van der Waals surface area contributed by atoms with Crippen LogP contribution in [0.15, 0.2) is 54.6 Å². The van der Waals surface area contributed by atoms with Crippen molar-refractivity contribution in [2.24, 2.45) is 5.73 Å². The Balaban J connectivity index is 1.92. The number of imidazole rings is 1. The number of nitrogens with two attached hydrogens (primary N) is 1. The third-order valence-electron chi connectivity index (χ3n) is 4.21. The van der Waals surface area contributed by atoms with Crippen molar-refractivity contribution in [1.29, 1.82) is 5.26 Å². The lowest BCUT2D eigenvalue weighted by atomic mass is 10.1. The Labute approximate surface area is 149 Å². The van der Waals surface area contributed by atoms with Crippen LogP contribution in [0.25, 0.3) is 16.7 Å². The van der Waals surface area contributed by atoms with Crippen molar-refractivity contribution in [2.45, 2.75) is 6.92 Å². The minimum Gasteiger partial charge on any atom is -0.440 e. The van der Waals surface area contributed by atoms with Gasteiger partial charge >= 0.3 is 0 Å². The lowest BCUT2D eigenvalue weighted by Gasteiger charge is -2.11. The van der Waals surface area contributed by atoms with Gasteiger partial charge in [-0.05, 0) is 48.9 Å². The summed E-state index contributed by atoms with van der Waals surface area (Å²) in [6.07, 6.45) is 0. The number of nitriles is 1. The van der Waals surface area contributed by atoms with Gasteiger partial charge in [0.2, 0.25) is 11.8 Å². The lowest BCUT2D eigenvalue weighted by molar-refractivity contribution is 0.100. The highest BCUT2D eigenvalue weighted by Gasteiger charge is 2.16. The first-order chi connectivity index (χ1) is 12.6. The van der Waals surface area contributed by atoms with Crippen LogP contribution in [0.3, 0.4) is 0 Å². The summed E-state index contributed by atoms with van der Waals surface area (Å²) in [5.41, 5.74) is 9.15. The molecule has 0 aliphatic heterocycles. The first kappa shape index (κ1) is 15.7. The van der Waals surface area contributed by atoms with Crippen LogP contribution in [-0.4, -0.2) is 15.3 Å². The number of fused-ring (bicyclic) bond motifs is 3. The van der Waals surface area contributed by atoms with Gasteiger partial charge in [0.05, 0.1) is 16.6 Å². The van der Waals surface area contributed by atoms with Gasteiger partial charge in [-0.1, -0.05) is 12.1 Å². The maximum absolute atomic E-state index is 11.2. The van der Waals surface area contributed by atoms with E-state index in [1.54, 1.807) is 24.3 Å². The van der Waals surface area contributed by atoms with E-state index in [1.165, 1.54) is 0 Å². The Kier molecular flexibility index (Phi) is 3.55. The molecule has 2 aromatic carbocycles. The number of rotatable bonds is 3. The van der Waals surface area contributed by atoms with Crippen LogP contribution in [0.4, 0.5) is 0 Å². The predicted molar refractivity (Wildman–Crippen MR) is 97.2 cm³/mol. The molecule has 4 aromatic rings. The summed E-state index contributed by atoms with van der Waals surface area (Å²) in [4.78, 5) is 15.8. The zero-order valence-electron chi connectivity index (χ0n) is 13.9. The van der Waals surface area contributed by atoms with Gasteiger partial charge in [0, 0.05) is 11.6 Å². The minimum atomic E-state index is -0.492. The number of pyridine rings is 1. The van der Waals surface area contributed by atoms with Crippen LogP contribution in [-0.2, 0) is 0 Å². The first-order valence-corrected chi connectivity index (χ1v) is 7.97. The molecule has 26 heavy (non-hydrogen) atoms. The van der Waals surface area contributed by atoms with Crippen molar-refractivity contribution in [3.63, 3.8) is 0 Å². The third kappa shape index (κ3) is 2.43. The molecule has 126 valence electrons. The summed E-state index contributed by atoms with van der Waals surface area (Å²) >= 11 is 0. The van der Waals surface area contributed by atoms with Gasteiger partial charge in [-0.3, -0.25) is 9.20 Å². The first-order valence-electron chi connectivity index (χ1n) is 7.97. The van der Waals surface area contributed by atoms with E-state index in [0.29, 0.717) is 28.4 Å². The van der Waals surface area contributed by atoms with Crippen LogP contribution in [0.5, 0.6) is 11.6 Å². The van der Waals surface area contributed by atoms with Gasteiger partial charge in [0.1, 0.15) is 11.8 Å². The zero-order chi connectivity index (χ0) is 18.3. The quantitative estimate of drug-likeness (QED) is 0.616. The number of benzene rings is 2. The number of hydrogen-bond acceptors (Lipinski definition) is 4. The van der Waals surface area contributed by atoms with E-state index in [1.807, 2.05) is 41.7 Å². The third-order valence-corrected chi connectivity index (χ3v) is 4.21. The van der Waals surface area contributed by atoms with Crippen molar-refractivity contribution >= 4 is 22.6 Å². The van der Waals surface area contributed by atoms with Gasteiger partial charge in [-0.2, -0.15) is 5.26 Å². The smallest absolute Gasteiger partial charge is 0.248 e. The Morgan fingerprint density at radius 1 is 1.19 bits per heavy atom. The molecule has 2 heterocycles. The van der Waals surface area contributed by atoms with Crippen molar-refractivity contribution in [1.82, 2.24) is 9.38 Å². The van der Waals surface area contributed by atoms with Crippen molar-refractivity contribution in [2.75, 3.05) is 0 Å². The highest BCUT2D eigenvalue weighted by atomic mass is 16.5. The van der Waals surface area contributed by atoms with Crippen molar-refractivity contribution in [3.8, 4) is 17.7 Å². The summed E-state index contributed by atoms with van der Waals surface area (Å²) in [6, 6.07) is 18.2. The molecule has 0 bridgehead atoms. The Morgan fingerprint density at radius 2 is 1.92 bits per heavy atom. The molecular weight excluding hydrogens is 328 g/mol. The molecule has 0 fully saturated rings. The maximum Gasteiger partial charge on any atom is 0.248 e. The molecule has 1 amide bonds. The average Bonchev–Trinajstić information content (AvgIpc) is 3.01. The Morgan fingerprint density at radius 3 is 2.62 bits per heavy atom. The number of primary amides is 1. The standard InChI is InChI=1S/C20H14N4O2/c1-12-10-18(26-14-8-6-13(7-9-14)19(22)25)24-17-5-3-2-4-16(17)23-20(24)15(12)11-21/h2-10H,1H3,(H2,22,25). The van der Waals surface area contributed by atoms with E-state index in [0.717, 1.165) is 16.6 Å². The summed E-state index contributed by atoms with van der Waals surface area (Å²) in [5, 5.41) is 9.52. The topological polar surface area (TPSA) is 93.4 Å². The molecule has 2 N–H and O–H groups in total. The number of aromatic nitrogens is 2. The van der Waals surface area contributed by atoms with E-state index in [4.69, 9.17) is 10.5 Å². The van der Waals surface area contributed by atoms with Gasteiger partial charge in [0.15, 0.2) is 5.65 Å². The largest absolute Gasteiger partial charge is 0.440 e. The normalized spacial score (nSPS) is 10.8. The molecular formula is C20H14N4O2. The summed E-state index contributed by atoms with van der Waals surface area (Å²) in [7, 11) is 0. The van der Waals surface area contributed by atoms with E-state index in [-0.39, 0.29) is 0 Å². The second-order valence-corrected chi connectivity index (χ2v) is 5.90. The molecule has 6 nitrogen and oxygen atoms in total. The van der Waals surface area contributed by atoms with Gasteiger partial charge in [-0.25, -0.2) is 4.98 Å². The van der Waals surface area contributed by atoms with Gasteiger partial charge < -0.3 is 10.5 Å². The molecule has 0 spiro atoms. The molecule has 0 saturated carbocycles. The van der Waals surface area contributed by atoms with Crippen LogP contribution in [0.1, 0.15) is 21.5 Å². The highest BCUT2D eigenvalue weighted by Crippen LogP contribution is 2.30. The second kappa shape index (κ2) is 5.90. The van der Waals surface area contributed by atoms with E-state index < -0.39 is 5.91 Å². The summed E-state index contributed by atoms with van der Waals surface area (Å²) < 4.78 is 7.86. The van der Waals surface area contributed by atoms with E-state index in [2.05, 4.69) is 11.1 Å².